The minimum absolute atomic E-state index is 0. The third kappa shape index (κ3) is 0.652. The van der Waals surface area contributed by atoms with Gasteiger partial charge in [-0.05, 0) is 30.8 Å². The molecule has 3 atom stereocenters. The lowest BCUT2D eigenvalue weighted by Crippen LogP contribution is -2.13. The van der Waals surface area contributed by atoms with Gasteiger partial charge in [-0.15, -0.1) is 12.4 Å². The molecular formula is C6H12ClN. The second-order valence-electron chi connectivity index (χ2n) is 2.85. The topological polar surface area (TPSA) is 12.0 Å². The van der Waals surface area contributed by atoms with E-state index in [0.29, 0.717) is 0 Å². The molecule has 0 unspecified atom stereocenters. The lowest BCUT2D eigenvalue weighted by Gasteiger charge is -1.93. The minimum Gasteiger partial charge on any atom is -0.316 e. The lowest BCUT2D eigenvalue weighted by molar-refractivity contribution is 0.634. The van der Waals surface area contributed by atoms with Gasteiger partial charge in [0, 0.05) is 0 Å². The molecule has 0 bridgehead atoms. The maximum atomic E-state index is 3.35. The van der Waals surface area contributed by atoms with Gasteiger partial charge in [0.15, 0.2) is 0 Å². The zero-order valence-electron chi connectivity index (χ0n) is 5.05. The van der Waals surface area contributed by atoms with Crippen LogP contribution in [-0.2, 0) is 0 Å². The summed E-state index contributed by atoms with van der Waals surface area (Å²) in [5.41, 5.74) is 0. The van der Waals surface area contributed by atoms with Crippen LogP contribution in [-0.4, -0.2) is 13.1 Å². The van der Waals surface area contributed by atoms with Crippen LogP contribution in [0.15, 0.2) is 0 Å². The van der Waals surface area contributed by atoms with Crippen LogP contribution >= 0.6 is 12.4 Å². The highest BCUT2D eigenvalue weighted by molar-refractivity contribution is 5.85. The van der Waals surface area contributed by atoms with Crippen molar-refractivity contribution in [2.24, 2.45) is 17.8 Å². The Labute approximate surface area is 56.3 Å². The van der Waals surface area contributed by atoms with E-state index in [1.54, 1.807) is 0 Å². The van der Waals surface area contributed by atoms with Crippen LogP contribution < -0.4 is 5.32 Å². The van der Waals surface area contributed by atoms with Gasteiger partial charge in [-0.3, -0.25) is 0 Å². The average molecular weight is 134 g/mol. The Morgan fingerprint density at radius 3 is 2.00 bits per heavy atom. The fraction of sp³-hybridized carbons (Fsp3) is 1.00. The molecule has 1 aliphatic heterocycles. The van der Waals surface area contributed by atoms with Gasteiger partial charge in [-0.2, -0.15) is 0 Å². The summed E-state index contributed by atoms with van der Waals surface area (Å²) in [6.45, 7) is 4.95. The van der Waals surface area contributed by atoms with E-state index < -0.39 is 0 Å². The monoisotopic (exact) mass is 133 g/mol. The fourth-order valence-electron chi connectivity index (χ4n) is 1.73. The number of halogens is 1. The number of hydrogen-bond acceptors (Lipinski definition) is 1. The van der Waals surface area contributed by atoms with Gasteiger partial charge in [0.25, 0.3) is 0 Å². The van der Waals surface area contributed by atoms with Gasteiger partial charge in [-0.1, -0.05) is 6.92 Å². The van der Waals surface area contributed by atoms with Crippen LogP contribution in [0.5, 0.6) is 0 Å². The molecule has 0 amide bonds. The SMILES string of the molecule is C[C@@H]1[C@H]2CNC[C@@H]12.Cl. The molecule has 1 nitrogen and oxygen atoms in total. The molecule has 2 fully saturated rings. The Balaban J connectivity index is 0.000000320. The van der Waals surface area contributed by atoms with Gasteiger partial charge >= 0.3 is 0 Å². The van der Waals surface area contributed by atoms with E-state index in [2.05, 4.69) is 12.2 Å². The highest BCUT2D eigenvalue weighted by Crippen LogP contribution is 2.47. The van der Waals surface area contributed by atoms with E-state index in [-0.39, 0.29) is 12.4 Å². The van der Waals surface area contributed by atoms with Crippen molar-refractivity contribution >= 4 is 12.4 Å². The van der Waals surface area contributed by atoms with Gasteiger partial charge < -0.3 is 5.32 Å². The zero-order chi connectivity index (χ0) is 4.85. The first kappa shape index (κ1) is 6.37. The van der Waals surface area contributed by atoms with Crippen molar-refractivity contribution in [3.8, 4) is 0 Å². The second-order valence-corrected chi connectivity index (χ2v) is 2.85. The fourth-order valence-corrected chi connectivity index (χ4v) is 1.73. The van der Waals surface area contributed by atoms with Crippen LogP contribution in [0.1, 0.15) is 6.92 Å². The third-order valence-corrected chi connectivity index (χ3v) is 2.52. The van der Waals surface area contributed by atoms with Crippen LogP contribution in [0.2, 0.25) is 0 Å². The summed E-state index contributed by atoms with van der Waals surface area (Å²) in [6, 6.07) is 0. The molecule has 0 aromatic carbocycles. The molecule has 8 heavy (non-hydrogen) atoms. The first-order chi connectivity index (χ1) is 3.39. The number of piperidine rings is 1. The molecule has 1 aliphatic carbocycles. The van der Waals surface area contributed by atoms with Gasteiger partial charge in [0.05, 0.1) is 0 Å². The molecule has 2 rings (SSSR count). The summed E-state index contributed by atoms with van der Waals surface area (Å²) in [5.74, 6) is 3.20. The smallest absolute Gasteiger partial charge is 0.00145 e. The molecule has 0 spiro atoms. The molecular weight excluding hydrogens is 122 g/mol. The van der Waals surface area contributed by atoms with Crippen molar-refractivity contribution in [2.45, 2.75) is 6.92 Å². The quantitative estimate of drug-likeness (QED) is 0.518. The zero-order valence-corrected chi connectivity index (χ0v) is 5.87. The Bertz CT molecular complexity index is 84.5. The molecule has 0 radical (unpaired) electrons. The Kier molecular flexibility index (Phi) is 1.50. The van der Waals surface area contributed by atoms with Crippen LogP contribution in [0, 0.1) is 17.8 Å². The summed E-state index contributed by atoms with van der Waals surface area (Å²) < 4.78 is 0. The molecule has 2 aliphatic rings. The minimum atomic E-state index is 0. The average Bonchev–Trinajstić information content (AvgIpc) is 2.26. The Morgan fingerprint density at radius 2 is 1.75 bits per heavy atom. The Hall–Kier alpha value is 0.250. The van der Waals surface area contributed by atoms with E-state index in [0.717, 1.165) is 17.8 Å². The maximum Gasteiger partial charge on any atom is -0.00145 e. The maximum absolute atomic E-state index is 3.35. The first-order valence-electron chi connectivity index (χ1n) is 3.10. The highest BCUT2D eigenvalue weighted by atomic mass is 35.5. The van der Waals surface area contributed by atoms with Crippen molar-refractivity contribution in [2.75, 3.05) is 13.1 Å². The molecule has 1 N–H and O–H groups in total. The summed E-state index contributed by atoms with van der Waals surface area (Å²) in [5, 5.41) is 3.35. The molecule has 48 valence electrons. The van der Waals surface area contributed by atoms with Gasteiger partial charge in [0.1, 0.15) is 0 Å². The summed E-state index contributed by atoms with van der Waals surface area (Å²) in [7, 11) is 0. The predicted molar refractivity (Wildman–Crippen MR) is 36.3 cm³/mol. The van der Waals surface area contributed by atoms with Crippen molar-refractivity contribution < 1.29 is 0 Å². The van der Waals surface area contributed by atoms with E-state index in [4.69, 9.17) is 0 Å². The summed E-state index contributed by atoms with van der Waals surface area (Å²) in [6.07, 6.45) is 0. The second kappa shape index (κ2) is 1.89. The van der Waals surface area contributed by atoms with Gasteiger partial charge in [-0.25, -0.2) is 0 Å². The molecule has 0 aromatic heterocycles. The Morgan fingerprint density at radius 1 is 1.25 bits per heavy atom. The van der Waals surface area contributed by atoms with E-state index in [1.807, 2.05) is 0 Å². The van der Waals surface area contributed by atoms with Crippen LogP contribution in [0.3, 0.4) is 0 Å². The first-order valence-corrected chi connectivity index (χ1v) is 3.10. The number of rotatable bonds is 0. The number of hydrogen-bond donors (Lipinski definition) is 1. The number of fused-ring (bicyclic) bond motifs is 1. The predicted octanol–water partition coefficient (Wildman–Crippen LogP) is 0.893. The molecule has 1 saturated carbocycles. The van der Waals surface area contributed by atoms with Gasteiger partial charge in [0.2, 0.25) is 0 Å². The summed E-state index contributed by atoms with van der Waals surface area (Å²) in [4.78, 5) is 0. The van der Waals surface area contributed by atoms with Crippen molar-refractivity contribution in [1.29, 1.82) is 0 Å². The third-order valence-electron chi connectivity index (χ3n) is 2.52. The van der Waals surface area contributed by atoms with Crippen LogP contribution in [0.4, 0.5) is 0 Å². The van der Waals surface area contributed by atoms with Crippen LogP contribution in [0.25, 0.3) is 0 Å². The molecule has 2 heteroatoms. The lowest BCUT2D eigenvalue weighted by atomic mass is 10.3. The molecule has 0 aromatic rings. The standard InChI is InChI=1S/C6H11N.ClH/c1-4-5-2-7-3-6(4)5;/h4-7H,2-3H2,1H3;1H/t4-,5-,6+;. The highest BCUT2D eigenvalue weighted by Gasteiger charge is 2.49. The molecule has 1 heterocycles. The van der Waals surface area contributed by atoms with E-state index in [9.17, 15) is 0 Å². The molecule has 1 saturated heterocycles. The normalized spacial score (nSPS) is 49.9. The van der Waals surface area contributed by atoms with Crippen molar-refractivity contribution in [3.63, 3.8) is 0 Å². The van der Waals surface area contributed by atoms with E-state index >= 15 is 0 Å². The largest absolute Gasteiger partial charge is 0.316 e. The number of nitrogens with one attached hydrogen (secondary N) is 1. The van der Waals surface area contributed by atoms with Crippen molar-refractivity contribution in [3.05, 3.63) is 0 Å². The van der Waals surface area contributed by atoms with Crippen molar-refractivity contribution in [1.82, 2.24) is 5.32 Å². The van der Waals surface area contributed by atoms with E-state index in [1.165, 1.54) is 13.1 Å². The summed E-state index contributed by atoms with van der Waals surface area (Å²) >= 11 is 0.